The van der Waals surface area contributed by atoms with Crippen LogP contribution in [0.4, 0.5) is 0 Å². The first kappa shape index (κ1) is 11.9. The van der Waals surface area contributed by atoms with Crippen molar-refractivity contribution in [2.24, 2.45) is 5.73 Å². The normalized spacial score (nSPS) is 19.5. The largest absolute Gasteiger partial charge is 0.495 e. The van der Waals surface area contributed by atoms with Crippen molar-refractivity contribution in [1.82, 2.24) is 0 Å². The van der Waals surface area contributed by atoms with Gasteiger partial charge in [0.05, 0.1) is 12.1 Å². The van der Waals surface area contributed by atoms with Crippen molar-refractivity contribution in [3.63, 3.8) is 0 Å². The third-order valence-corrected chi connectivity index (χ3v) is 4.29. The van der Waals surface area contributed by atoms with Crippen LogP contribution in [-0.2, 0) is 5.41 Å². The molecule has 0 radical (unpaired) electrons. The van der Waals surface area contributed by atoms with Crippen molar-refractivity contribution in [3.8, 4) is 17.2 Å². The lowest BCUT2D eigenvalue weighted by atomic mass is 9.64. The SMILES string of the molecule is COc1c(Cl)cc2c(c1C1(CN)CCC1)OCO2. The Morgan fingerprint density at radius 1 is 1.44 bits per heavy atom. The Bertz CT molecular complexity index is 476. The summed E-state index contributed by atoms with van der Waals surface area (Å²) in [7, 11) is 1.62. The summed E-state index contributed by atoms with van der Waals surface area (Å²) in [5, 5.41) is 0.552. The van der Waals surface area contributed by atoms with Gasteiger partial charge in [0.2, 0.25) is 6.79 Å². The molecule has 0 spiro atoms. The Hall–Kier alpha value is -1.13. The zero-order valence-electron chi connectivity index (χ0n) is 10.3. The molecule has 2 aliphatic rings. The van der Waals surface area contributed by atoms with Crippen LogP contribution in [0.3, 0.4) is 0 Å². The molecule has 1 aliphatic heterocycles. The predicted molar refractivity (Wildman–Crippen MR) is 68.7 cm³/mol. The van der Waals surface area contributed by atoms with Crippen LogP contribution in [0.15, 0.2) is 6.07 Å². The Kier molecular flexibility index (Phi) is 2.79. The maximum absolute atomic E-state index is 6.26. The van der Waals surface area contributed by atoms with Crippen molar-refractivity contribution < 1.29 is 14.2 Å². The van der Waals surface area contributed by atoms with E-state index < -0.39 is 0 Å². The summed E-state index contributed by atoms with van der Waals surface area (Å²) in [4.78, 5) is 0. The summed E-state index contributed by atoms with van der Waals surface area (Å²) in [6, 6.07) is 1.75. The van der Waals surface area contributed by atoms with Gasteiger partial charge in [-0.15, -0.1) is 0 Å². The van der Waals surface area contributed by atoms with E-state index in [1.54, 1.807) is 13.2 Å². The number of halogens is 1. The van der Waals surface area contributed by atoms with E-state index in [1.807, 2.05) is 0 Å². The minimum Gasteiger partial charge on any atom is -0.495 e. The second-order valence-corrected chi connectivity index (χ2v) is 5.25. The smallest absolute Gasteiger partial charge is 0.231 e. The zero-order valence-corrected chi connectivity index (χ0v) is 11.0. The number of benzene rings is 1. The van der Waals surface area contributed by atoms with Gasteiger partial charge < -0.3 is 19.9 Å². The van der Waals surface area contributed by atoms with E-state index in [9.17, 15) is 0 Å². The first-order valence-electron chi connectivity index (χ1n) is 6.08. The Labute approximate surface area is 111 Å². The van der Waals surface area contributed by atoms with Gasteiger partial charge in [-0.3, -0.25) is 0 Å². The molecule has 1 aromatic rings. The Morgan fingerprint density at radius 3 is 2.78 bits per heavy atom. The van der Waals surface area contributed by atoms with Crippen LogP contribution in [0.25, 0.3) is 0 Å². The average molecular weight is 270 g/mol. The van der Waals surface area contributed by atoms with Crippen molar-refractivity contribution >= 4 is 11.6 Å². The quantitative estimate of drug-likeness (QED) is 0.916. The lowest BCUT2D eigenvalue weighted by Crippen LogP contribution is -2.42. The van der Waals surface area contributed by atoms with Crippen LogP contribution in [0.1, 0.15) is 24.8 Å². The molecule has 0 unspecified atom stereocenters. The molecule has 1 saturated carbocycles. The molecule has 1 heterocycles. The second-order valence-electron chi connectivity index (χ2n) is 4.84. The van der Waals surface area contributed by atoms with Gasteiger partial charge in [0.15, 0.2) is 11.5 Å². The van der Waals surface area contributed by atoms with Crippen molar-refractivity contribution in [1.29, 1.82) is 0 Å². The molecule has 5 heteroatoms. The number of hydrogen-bond donors (Lipinski definition) is 1. The van der Waals surface area contributed by atoms with Gasteiger partial charge in [0.1, 0.15) is 5.75 Å². The molecule has 98 valence electrons. The molecule has 3 rings (SSSR count). The van der Waals surface area contributed by atoms with E-state index in [4.69, 9.17) is 31.5 Å². The van der Waals surface area contributed by atoms with E-state index in [0.29, 0.717) is 23.1 Å². The van der Waals surface area contributed by atoms with Crippen LogP contribution >= 0.6 is 11.6 Å². The van der Waals surface area contributed by atoms with Crippen LogP contribution in [0.5, 0.6) is 17.2 Å². The molecule has 2 N–H and O–H groups in total. The standard InChI is InChI=1S/C13H16ClNO3/c1-16-11-8(14)5-9-12(18-7-17-9)10(11)13(6-15)3-2-4-13/h5H,2-4,6-7,15H2,1H3. The summed E-state index contributed by atoms with van der Waals surface area (Å²) in [5.74, 6) is 2.11. The number of nitrogens with two attached hydrogens (primary N) is 1. The van der Waals surface area contributed by atoms with Crippen LogP contribution in [-0.4, -0.2) is 20.4 Å². The monoisotopic (exact) mass is 269 g/mol. The molecule has 1 aliphatic carbocycles. The highest BCUT2D eigenvalue weighted by Crippen LogP contribution is 2.56. The van der Waals surface area contributed by atoms with Gasteiger partial charge in [-0.1, -0.05) is 18.0 Å². The van der Waals surface area contributed by atoms with Gasteiger partial charge in [-0.05, 0) is 12.8 Å². The minimum absolute atomic E-state index is 0.0754. The summed E-state index contributed by atoms with van der Waals surface area (Å²) < 4.78 is 16.5. The van der Waals surface area contributed by atoms with Crippen molar-refractivity contribution in [2.75, 3.05) is 20.4 Å². The number of methoxy groups -OCH3 is 1. The number of hydrogen-bond acceptors (Lipinski definition) is 4. The topological polar surface area (TPSA) is 53.7 Å². The number of fused-ring (bicyclic) bond motifs is 1. The maximum Gasteiger partial charge on any atom is 0.231 e. The summed E-state index contributed by atoms with van der Waals surface area (Å²) in [6.07, 6.45) is 3.24. The molecule has 0 atom stereocenters. The highest BCUT2D eigenvalue weighted by atomic mass is 35.5. The molecule has 18 heavy (non-hydrogen) atoms. The van der Waals surface area contributed by atoms with E-state index in [2.05, 4.69) is 0 Å². The summed E-state index contributed by atoms with van der Waals surface area (Å²) in [5.41, 5.74) is 6.88. The van der Waals surface area contributed by atoms with Gasteiger partial charge in [0, 0.05) is 23.6 Å². The number of ether oxygens (including phenoxy) is 3. The predicted octanol–water partition coefficient (Wildman–Crippen LogP) is 2.46. The second kappa shape index (κ2) is 4.21. The van der Waals surface area contributed by atoms with Crippen LogP contribution < -0.4 is 19.9 Å². The van der Waals surface area contributed by atoms with E-state index >= 15 is 0 Å². The number of rotatable bonds is 3. The van der Waals surface area contributed by atoms with Crippen LogP contribution in [0.2, 0.25) is 5.02 Å². The van der Waals surface area contributed by atoms with Crippen LogP contribution in [0, 0.1) is 0 Å². The molecular formula is C13H16ClNO3. The molecule has 0 bridgehead atoms. The highest BCUT2D eigenvalue weighted by Gasteiger charge is 2.44. The van der Waals surface area contributed by atoms with Gasteiger partial charge in [-0.2, -0.15) is 0 Å². The Morgan fingerprint density at radius 2 is 2.22 bits per heavy atom. The third kappa shape index (κ3) is 1.49. The van der Waals surface area contributed by atoms with Gasteiger partial charge >= 0.3 is 0 Å². The Balaban J connectivity index is 2.22. The molecule has 1 aromatic carbocycles. The fraction of sp³-hybridized carbons (Fsp3) is 0.538. The van der Waals surface area contributed by atoms with E-state index in [-0.39, 0.29) is 12.2 Å². The maximum atomic E-state index is 6.26. The lowest BCUT2D eigenvalue weighted by molar-refractivity contribution is 0.167. The van der Waals surface area contributed by atoms with Gasteiger partial charge in [0.25, 0.3) is 0 Å². The first-order valence-corrected chi connectivity index (χ1v) is 6.46. The fourth-order valence-electron chi connectivity index (χ4n) is 2.84. The molecule has 0 saturated heterocycles. The third-order valence-electron chi connectivity index (χ3n) is 4.01. The van der Waals surface area contributed by atoms with E-state index in [1.165, 1.54) is 6.42 Å². The van der Waals surface area contributed by atoms with E-state index in [0.717, 1.165) is 24.2 Å². The molecule has 1 fully saturated rings. The molecule has 0 aromatic heterocycles. The fourth-order valence-corrected chi connectivity index (χ4v) is 3.11. The first-order chi connectivity index (χ1) is 8.72. The minimum atomic E-state index is -0.0754. The summed E-state index contributed by atoms with van der Waals surface area (Å²) in [6.45, 7) is 0.798. The van der Waals surface area contributed by atoms with Crippen molar-refractivity contribution in [3.05, 3.63) is 16.7 Å². The average Bonchev–Trinajstić information content (AvgIpc) is 2.75. The molecule has 0 amide bonds. The summed E-state index contributed by atoms with van der Waals surface area (Å²) >= 11 is 6.26. The molecular weight excluding hydrogens is 254 g/mol. The van der Waals surface area contributed by atoms with Crippen molar-refractivity contribution in [2.45, 2.75) is 24.7 Å². The lowest BCUT2D eigenvalue weighted by Gasteiger charge is -2.42. The zero-order chi connectivity index (χ0) is 12.8. The highest BCUT2D eigenvalue weighted by molar-refractivity contribution is 6.32. The van der Waals surface area contributed by atoms with Gasteiger partial charge in [-0.25, -0.2) is 0 Å². The molecule has 4 nitrogen and oxygen atoms in total.